The number of hydrogen-bond donors (Lipinski definition) is 0. The van der Waals surface area contributed by atoms with Crippen molar-refractivity contribution >= 4 is 39.6 Å². The Kier molecular flexibility index (Phi) is 2.43. The molecule has 0 aliphatic rings. The summed E-state index contributed by atoms with van der Waals surface area (Å²) >= 11 is 1.61. The quantitative estimate of drug-likeness (QED) is 0.528. The molecule has 0 saturated heterocycles. The fourth-order valence-corrected chi connectivity index (χ4v) is 3.02. The maximum Gasteiger partial charge on any atom is 0.274 e. The van der Waals surface area contributed by atoms with Crippen molar-refractivity contribution in [2.45, 2.75) is 12.1 Å². The topological polar surface area (TPSA) is 60.9 Å². The van der Waals surface area contributed by atoms with Crippen LogP contribution in [0.5, 0.6) is 0 Å². The molecule has 0 saturated carbocycles. The highest BCUT2D eigenvalue weighted by atomic mass is 32.2. The van der Waals surface area contributed by atoms with E-state index < -0.39 is 0 Å². The van der Waals surface area contributed by atoms with E-state index in [0.29, 0.717) is 5.78 Å². The summed E-state index contributed by atoms with van der Waals surface area (Å²) in [7, 11) is 1.99. The number of nitrogens with zero attached hydrogens (tertiary/aromatic N) is 6. The normalized spacial score (nSPS) is 11.9. The molecule has 0 bridgehead atoms. The third-order valence-corrected chi connectivity index (χ3v) is 4.13. The zero-order valence-corrected chi connectivity index (χ0v) is 11.9. The average Bonchev–Trinajstić information content (AvgIpc) is 2.99. The molecule has 0 N–H and O–H groups in total. The molecule has 4 rings (SSSR count). The molecule has 7 heteroatoms. The second kappa shape index (κ2) is 4.17. The molecule has 0 unspecified atom stereocenters. The Bertz CT molecular complexity index is 938. The summed E-state index contributed by atoms with van der Waals surface area (Å²) in [4.78, 5) is 4.59. The molecule has 20 heavy (non-hydrogen) atoms. The van der Waals surface area contributed by atoms with Crippen molar-refractivity contribution in [1.82, 2.24) is 29.4 Å². The molecular formula is C13H12N6S. The Hall–Kier alpha value is -2.15. The number of para-hydroxylation sites is 1. The summed E-state index contributed by atoms with van der Waals surface area (Å²) in [5.41, 5.74) is 2.83. The predicted octanol–water partition coefficient (Wildman–Crippen LogP) is 2.28. The van der Waals surface area contributed by atoms with E-state index in [2.05, 4.69) is 34.2 Å². The summed E-state index contributed by atoms with van der Waals surface area (Å²) in [5.74, 6) is 1.47. The summed E-state index contributed by atoms with van der Waals surface area (Å²) in [5, 5.41) is 14.8. The predicted molar refractivity (Wildman–Crippen MR) is 79.0 cm³/mol. The second-order valence-electron chi connectivity index (χ2n) is 4.49. The number of fused-ring (bicyclic) bond motifs is 4. The van der Waals surface area contributed by atoms with Gasteiger partial charge in [-0.25, -0.2) is 0 Å². The van der Waals surface area contributed by atoms with E-state index in [-0.39, 0.29) is 0 Å². The molecule has 0 radical (unpaired) electrons. The average molecular weight is 284 g/mol. The van der Waals surface area contributed by atoms with Gasteiger partial charge in [-0.1, -0.05) is 36.9 Å². The molecule has 0 aliphatic heterocycles. The van der Waals surface area contributed by atoms with E-state index in [9.17, 15) is 0 Å². The van der Waals surface area contributed by atoms with Crippen molar-refractivity contribution < 1.29 is 0 Å². The highest BCUT2D eigenvalue weighted by Gasteiger charge is 2.15. The zero-order chi connectivity index (χ0) is 13.7. The van der Waals surface area contributed by atoms with Crippen LogP contribution in [0.15, 0.2) is 29.4 Å². The summed E-state index contributed by atoms with van der Waals surface area (Å²) in [6.45, 7) is 2.08. The first kappa shape index (κ1) is 11.7. The maximum absolute atomic E-state index is 4.69. The third kappa shape index (κ3) is 1.46. The van der Waals surface area contributed by atoms with Crippen LogP contribution in [0.25, 0.3) is 27.8 Å². The first-order valence-electron chi connectivity index (χ1n) is 6.39. The van der Waals surface area contributed by atoms with E-state index in [0.717, 1.165) is 33.0 Å². The molecule has 4 aromatic rings. The maximum atomic E-state index is 4.69. The second-order valence-corrected chi connectivity index (χ2v) is 5.72. The van der Waals surface area contributed by atoms with Crippen molar-refractivity contribution in [2.24, 2.45) is 7.05 Å². The zero-order valence-electron chi connectivity index (χ0n) is 11.1. The van der Waals surface area contributed by atoms with Crippen LogP contribution in [-0.2, 0) is 7.05 Å². The van der Waals surface area contributed by atoms with Crippen LogP contribution in [0, 0.1) is 0 Å². The molecule has 0 spiro atoms. The standard InChI is InChI=1S/C13H12N6S/c1-3-20-13-16-15-12-14-11-10(17-19(12)13)8-6-4-5-7-9(8)18(11)2/h4-7H,3H2,1-2H3. The van der Waals surface area contributed by atoms with Crippen LogP contribution in [0.2, 0.25) is 0 Å². The minimum Gasteiger partial charge on any atom is -0.327 e. The highest BCUT2D eigenvalue weighted by molar-refractivity contribution is 7.99. The van der Waals surface area contributed by atoms with E-state index >= 15 is 0 Å². The van der Waals surface area contributed by atoms with Crippen molar-refractivity contribution in [3.8, 4) is 0 Å². The van der Waals surface area contributed by atoms with Gasteiger partial charge in [0.05, 0.1) is 5.52 Å². The molecule has 3 heterocycles. The smallest absolute Gasteiger partial charge is 0.274 e. The Morgan fingerprint density at radius 2 is 2.05 bits per heavy atom. The Balaban J connectivity index is 2.16. The van der Waals surface area contributed by atoms with E-state index in [4.69, 9.17) is 5.10 Å². The van der Waals surface area contributed by atoms with Crippen LogP contribution in [0.3, 0.4) is 0 Å². The fourth-order valence-electron chi connectivity index (χ4n) is 2.42. The van der Waals surface area contributed by atoms with Crippen molar-refractivity contribution in [2.75, 3.05) is 5.75 Å². The fraction of sp³-hybridized carbons (Fsp3) is 0.231. The highest BCUT2D eigenvalue weighted by Crippen LogP contribution is 2.25. The number of thioether (sulfide) groups is 1. The van der Waals surface area contributed by atoms with Crippen LogP contribution in [0.1, 0.15) is 6.92 Å². The lowest BCUT2D eigenvalue weighted by molar-refractivity contribution is 0.816. The first-order chi connectivity index (χ1) is 9.79. The molecule has 100 valence electrons. The summed E-state index contributed by atoms with van der Waals surface area (Å²) in [6.07, 6.45) is 0. The van der Waals surface area contributed by atoms with Gasteiger partial charge in [0, 0.05) is 12.4 Å². The molecule has 0 aliphatic carbocycles. The number of benzene rings is 1. The Morgan fingerprint density at radius 3 is 2.90 bits per heavy atom. The van der Waals surface area contributed by atoms with Gasteiger partial charge in [0.2, 0.25) is 5.16 Å². The van der Waals surface area contributed by atoms with Crippen LogP contribution in [0.4, 0.5) is 0 Å². The third-order valence-electron chi connectivity index (χ3n) is 3.32. The number of rotatable bonds is 2. The van der Waals surface area contributed by atoms with E-state index in [1.165, 1.54) is 0 Å². The van der Waals surface area contributed by atoms with Gasteiger partial charge in [0.1, 0.15) is 5.52 Å². The summed E-state index contributed by atoms with van der Waals surface area (Å²) in [6, 6.07) is 8.17. The largest absolute Gasteiger partial charge is 0.327 e. The lowest BCUT2D eigenvalue weighted by atomic mass is 10.2. The minimum atomic E-state index is 0.541. The first-order valence-corrected chi connectivity index (χ1v) is 7.37. The lowest BCUT2D eigenvalue weighted by Gasteiger charge is -1.97. The number of aromatic nitrogens is 6. The van der Waals surface area contributed by atoms with Gasteiger partial charge in [0.25, 0.3) is 5.78 Å². The van der Waals surface area contributed by atoms with Crippen LogP contribution < -0.4 is 0 Å². The van der Waals surface area contributed by atoms with Gasteiger partial charge in [-0.05, 0) is 11.8 Å². The van der Waals surface area contributed by atoms with Crippen molar-refractivity contribution in [1.29, 1.82) is 0 Å². The van der Waals surface area contributed by atoms with E-state index in [1.807, 2.05) is 23.7 Å². The molecule has 0 fully saturated rings. The Morgan fingerprint density at radius 1 is 1.20 bits per heavy atom. The van der Waals surface area contributed by atoms with Gasteiger partial charge in [-0.15, -0.1) is 10.2 Å². The van der Waals surface area contributed by atoms with Gasteiger partial charge >= 0.3 is 0 Å². The molecular weight excluding hydrogens is 272 g/mol. The molecule has 1 aromatic carbocycles. The SMILES string of the molecule is CCSc1nnc2nc3c(nn12)c1ccccc1n3C. The molecule has 6 nitrogen and oxygen atoms in total. The molecule has 0 amide bonds. The monoisotopic (exact) mass is 284 g/mol. The molecule has 3 aromatic heterocycles. The summed E-state index contributed by atoms with van der Waals surface area (Å²) < 4.78 is 3.77. The van der Waals surface area contributed by atoms with Gasteiger partial charge < -0.3 is 4.57 Å². The Labute approximate surface area is 118 Å². The lowest BCUT2D eigenvalue weighted by Crippen LogP contribution is -1.99. The molecule has 0 atom stereocenters. The number of hydrogen-bond acceptors (Lipinski definition) is 5. The van der Waals surface area contributed by atoms with E-state index in [1.54, 1.807) is 16.3 Å². The van der Waals surface area contributed by atoms with Gasteiger partial charge in [0.15, 0.2) is 5.65 Å². The van der Waals surface area contributed by atoms with Crippen LogP contribution >= 0.6 is 11.8 Å². The van der Waals surface area contributed by atoms with Crippen molar-refractivity contribution in [3.05, 3.63) is 24.3 Å². The van der Waals surface area contributed by atoms with Crippen molar-refractivity contribution in [3.63, 3.8) is 0 Å². The van der Waals surface area contributed by atoms with Gasteiger partial charge in [-0.2, -0.15) is 14.6 Å². The van der Waals surface area contributed by atoms with Gasteiger partial charge in [-0.3, -0.25) is 0 Å². The number of aryl methyl sites for hydroxylation is 1. The minimum absolute atomic E-state index is 0.541. The van der Waals surface area contributed by atoms with Crippen LogP contribution in [-0.4, -0.2) is 35.1 Å².